The zero-order chi connectivity index (χ0) is 12.4. The predicted molar refractivity (Wildman–Crippen MR) is 69.2 cm³/mol. The van der Waals surface area contributed by atoms with Crippen LogP contribution in [0, 0.1) is 6.92 Å². The fourth-order valence-corrected chi connectivity index (χ4v) is 2.40. The lowest BCUT2D eigenvalue weighted by Crippen LogP contribution is -2.32. The molecule has 1 fully saturated rings. The molecule has 1 aliphatic heterocycles. The molecule has 0 aromatic carbocycles. The lowest BCUT2D eigenvalue weighted by molar-refractivity contribution is 0.281. The van der Waals surface area contributed by atoms with Gasteiger partial charge in [-0.15, -0.1) is 0 Å². The topological polar surface area (TPSA) is 39.6 Å². The highest BCUT2D eigenvalue weighted by Gasteiger charge is 2.25. The molecule has 0 aliphatic carbocycles. The number of aliphatic hydroxyl groups excluding tert-OH is 1. The molecule has 4 nitrogen and oxygen atoms in total. The number of likely N-dealkylation sites (N-methyl/N-ethyl adjacent to an activating group) is 1. The smallest absolute Gasteiger partial charge is 0.131 e. The Bertz CT molecular complexity index is 392. The first-order chi connectivity index (χ1) is 8.11. The summed E-state index contributed by atoms with van der Waals surface area (Å²) in [6.45, 7) is 4.23. The molecule has 2 heterocycles. The van der Waals surface area contributed by atoms with Gasteiger partial charge >= 0.3 is 0 Å². The summed E-state index contributed by atoms with van der Waals surface area (Å²) in [7, 11) is 4.26. The molecule has 0 bridgehead atoms. The molecule has 1 atom stereocenters. The third-order valence-corrected chi connectivity index (χ3v) is 3.48. The van der Waals surface area contributed by atoms with Crippen LogP contribution in [0.25, 0.3) is 0 Å². The van der Waals surface area contributed by atoms with Crippen LogP contribution in [0.3, 0.4) is 0 Å². The van der Waals surface area contributed by atoms with E-state index in [-0.39, 0.29) is 6.61 Å². The summed E-state index contributed by atoms with van der Waals surface area (Å²) in [5, 5.41) is 9.07. The van der Waals surface area contributed by atoms with Gasteiger partial charge in [-0.05, 0) is 44.6 Å². The van der Waals surface area contributed by atoms with Gasteiger partial charge in [0, 0.05) is 25.3 Å². The highest BCUT2D eigenvalue weighted by molar-refractivity contribution is 5.48. The van der Waals surface area contributed by atoms with Gasteiger partial charge in [0.2, 0.25) is 0 Å². The Hall–Kier alpha value is -1.13. The van der Waals surface area contributed by atoms with E-state index in [1.165, 1.54) is 6.42 Å². The van der Waals surface area contributed by atoms with Crippen molar-refractivity contribution >= 4 is 5.82 Å². The monoisotopic (exact) mass is 235 g/mol. The molecule has 1 saturated heterocycles. The fraction of sp³-hybridized carbons (Fsp3) is 0.615. The van der Waals surface area contributed by atoms with Crippen LogP contribution in [0.4, 0.5) is 5.82 Å². The molecule has 0 radical (unpaired) electrons. The molecule has 0 spiro atoms. The van der Waals surface area contributed by atoms with Gasteiger partial charge in [-0.25, -0.2) is 4.98 Å². The number of rotatable bonds is 3. The van der Waals surface area contributed by atoms with E-state index in [4.69, 9.17) is 5.11 Å². The van der Waals surface area contributed by atoms with Crippen LogP contribution in [0.15, 0.2) is 12.3 Å². The number of hydrogen-bond acceptors (Lipinski definition) is 4. The highest BCUT2D eigenvalue weighted by Crippen LogP contribution is 2.23. The van der Waals surface area contributed by atoms with Crippen LogP contribution in [0.2, 0.25) is 0 Å². The molecule has 17 heavy (non-hydrogen) atoms. The van der Waals surface area contributed by atoms with Crippen molar-refractivity contribution in [1.82, 2.24) is 9.88 Å². The number of anilines is 1. The van der Waals surface area contributed by atoms with Crippen LogP contribution in [-0.2, 0) is 6.61 Å². The highest BCUT2D eigenvalue weighted by atomic mass is 16.3. The van der Waals surface area contributed by atoms with E-state index in [1.54, 1.807) is 6.20 Å². The first-order valence-corrected chi connectivity index (χ1v) is 6.09. The van der Waals surface area contributed by atoms with Gasteiger partial charge < -0.3 is 14.9 Å². The minimum absolute atomic E-state index is 0.0639. The summed E-state index contributed by atoms with van der Waals surface area (Å²) in [4.78, 5) is 9.08. The van der Waals surface area contributed by atoms with Crippen molar-refractivity contribution in [2.24, 2.45) is 0 Å². The van der Waals surface area contributed by atoms with Gasteiger partial charge in [-0.2, -0.15) is 0 Å². The number of aryl methyl sites for hydroxylation is 1. The average molecular weight is 235 g/mol. The van der Waals surface area contributed by atoms with Crippen molar-refractivity contribution in [3.8, 4) is 0 Å². The van der Waals surface area contributed by atoms with Gasteiger partial charge in [0.1, 0.15) is 5.82 Å². The second kappa shape index (κ2) is 5.02. The SMILES string of the molecule is Cc1cc(CO)cnc1N1CCC(N(C)C)C1. The second-order valence-corrected chi connectivity index (χ2v) is 4.99. The van der Waals surface area contributed by atoms with Crippen molar-refractivity contribution in [2.45, 2.75) is 26.0 Å². The van der Waals surface area contributed by atoms with Crippen LogP contribution < -0.4 is 4.90 Å². The summed E-state index contributed by atoms with van der Waals surface area (Å²) in [5.74, 6) is 1.06. The first kappa shape index (κ1) is 12.3. The maximum atomic E-state index is 9.07. The van der Waals surface area contributed by atoms with Gasteiger partial charge in [0.15, 0.2) is 0 Å². The van der Waals surface area contributed by atoms with Crippen LogP contribution in [-0.4, -0.2) is 48.2 Å². The Morgan fingerprint density at radius 1 is 1.53 bits per heavy atom. The molecule has 1 aromatic heterocycles. The number of aromatic nitrogens is 1. The zero-order valence-electron chi connectivity index (χ0n) is 10.8. The average Bonchev–Trinajstić information content (AvgIpc) is 2.78. The maximum Gasteiger partial charge on any atom is 0.131 e. The van der Waals surface area contributed by atoms with E-state index in [0.29, 0.717) is 6.04 Å². The minimum Gasteiger partial charge on any atom is -0.392 e. The molecular formula is C13H21N3O. The fourth-order valence-electron chi connectivity index (χ4n) is 2.40. The van der Waals surface area contributed by atoms with Gasteiger partial charge in [0.05, 0.1) is 6.61 Å². The summed E-state index contributed by atoms with van der Waals surface area (Å²) in [6.07, 6.45) is 2.96. The Balaban J connectivity index is 2.13. The van der Waals surface area contributed by atoms with Gasteiger partial charge in [-0.3, -0.25) is 0 Å². The van der Waals surface area contributed by atoms with E-state index in [9.17, 15) is 0 Å². The number of nitrogens with zero attached hydrogens (tertiary/aromatic N) is 3. The van der Waals surface area contributed by atoms with E-state index < -0.39 is 0 Å². The molecule has 4 heteroatoms. The van der Waals surface area contributed by atoms with E-state index in [0.717, 1.165) is 30.0 Å². The van der Waals surface area contributed by atoms with Crippen LogP contribution in [0.1, 0.15) is 17.5 Å². The first-order valence-electron chi connectivity index (χ1n) is 6.09. The summed E-state index contributed by atoms with van der Waals surface area (Å²) < 4.78 is 0. The molecule has 1 aliphatic rings. The van der Waals surface area contributed by atoms with E-state index >= 15 is 0 Å². The number of hydrogen-bond donors (Lipinski definition) is 1. The molecule has 1 aromatic rings. The number of aliphatic hydroxyl groups is 1. The van der Waals surface area contributed by atoms with E-state index in [2.05, 4.69) is 35.8 Å². The Morgan fingerprint density at radius 2 is 2.29 bits per heavy atom. The Labute approximate surface area is 103 Å². The Kier molecular flexibility index (Phi) is 3.64. The minimum atomic E-state index is 0.0639. The second-order valence-electron chi connectivity index (χ2n) is 4.99. The van der Waals surface area contributed by atoms with Crippen LogP contribution >= 0.6 is 0 Å². The van der Waals surface area contributed by atoms with Crippen molar-refractivity contribution in [3.05, 3.63) is 23.4 Å². The molecule has 0 amide bonds. The summed E-state index contributed by atoms with van der Waals surface area (Å²) in [6, 6.07) is 2.64. The standard InChI is InChI=1S/C13H21N3O/c1-10-6-11(9-17)7-14-13(10)16-5-4-12(8-16)15(2)3/h6-7,12,17H,4-5,8-9H2,1-3H3. The normalized spacial score (nSPS) is 20.3. The summed E-state index contributed by atoms with van der Waals surface area (Å²) in [5.41, 5.74) is 2.03. The third-order valence-electron chi connectivity index (χ3n) is 3.48. The van der Waals surface area contributed by atoms with Gasteiger partial charge in [-0.1, -0.05) is 0 Å². The Morgan fingerprint density at radius 3 is 2.82 bits per heavy atom. The molecule has 1 unspecified atom stereocenters. The molecule has 94 valence electrons. The molecule has 2 rings (SSSR count). The predicted octanol–water partition coefficient (Wildman–Crippen LogP) is 1.02. The molecule has 0 saturated carbocycles. The molecule has 1 N–H and O–H groups in total. The van der Waals surface area contributed by atoms with E-state index in [1.807, 2.05) is 6.07 Å². The van der Waals surface area contributed by atoms with Crippen LogP contribution in [0.5, 0.6) is 0 Å². The lowest BCUT2D eigenvalue weighted by atomic mass is 10.2. The zero-order valence-corrected chi connectivity index (χ0v) is 10.8. The lowest BCUT2D eigenvalue weighted by Gasteiger charge is -2.22. The number of pyridine rings is 1. The van der Waals surface area contributed by atoms with Crippen molar-refractivity contribution in [1.29, 1.82) is 0 Å². The molecular weight excluding hydrogens is 214 g/mol. The van der Waals surface area contributed by atoms with Crippen molar-refractivity contribution in [3.63, 3.8) is 0 Å². The van der Waals surface area contributed by atoms with Crippen molar-refractivity contribution in [2.75, 3.05) is 32.1 Å². The maximum absolute atomic E-state index is 9.07. The van der Waals surface area contributed by atoms with Crippen molar-refractivity contribution < 1.29 is 5.11 Å². The quantitative estimate of drug-likeness (QED) is 0.849. The largest absolute Gasteiger partial charge is 0.392 e. The third kappa shape index (κ3) is 2.58. The summed E-state index contributed by atoms with van der Waals surface area (Å²) >= 11 is 0. The van der Waals surface area contributed by atoms with Gasteiger partial charge in [0.25, 0.3) is 0 Å².